The van der Waals surface area contributed by atoms with E-state index < -0.39 is 0 Å². The van der Waals surface area contributed by atoms with Crippen LogP contribution in [0.4, 0.5) is 5.69 Å². The van der Waals surface area contributed by atoms with Gasteiger partial charge in [0.1, 0.15) is 0 Å². The fraction of sp³-hybridized carbons (Fsp3) is 0.562. The molecule has 0 aromatic heterocycles. The molecule has 1 aromatic carbocycles. The Morgan fingerprint density at radius 2 is 2.05 bits per heavy atom. The number of carbonyl (C=O) groups is 1. The van der Waals surface area contributed by atoms with Crippen LogP contribution in [0.1, 0.15) is 44.6 Å². The van der Waals surface area contributed by atoms with E-state index in [2.05, 4.69) is 5.32 Å². The molecule has 1 amide bonds. The first-order valence-corrected chi connectivity index (χ1v) is 8.12. The van der Waals surface area contributed by atoms with E-state index in [0.717, 1.165) is 5.69 Å². The molecule has 0 aliphatic heterocycles. The van der Waals surface area contributed by atoms with Crippen LogP contribution in [0, 0.1) is 6.92 Å². The van der Waals surface area contributed by atoms with E-state index >= 15 is 0 Å². The lowest BCUT2D eigenvalue weighted by atomic mass is 10.0. The van der Waals surface area contributed by atoms with Crippen LogP contribution < -0.4 is 5.32 Å². The van der Waals surface area contributed by atoms with Crippen molar-refractivity contribution in [3.63, 3.8) is 0 Å². The number of anilines is 1. The molecular weight excluding hydrogens is 254 g/mol. The molecule has 1 fully saturated rings. The molecule has 0 heterocycles. The molecule has 0 saturated heterocycles. The number of nitrogens with one attached hydrogen (secondary N) is 1. The number of thioether (sulfide) groups is 1. The van der Waals surface area contributed by atoms with E-state index in [1.165, 1.54) is 37.7 Å². The van der Waals surface area contributed by atoms with Gasteiger partial charge in [0.2, 0.25) is 5.91 Å². The van der Waals surface area contributed by atoms with Gasteiger partial charge in [-0.3, -0.25) is 4.79 Å². The summed E-state index contributed by atoms with van der Waals surface area (Å²) in [5.41, 5.74) is 2.08. The molecule has 2 nitrogen and oxygen atoms in total. The summed E-state index contributed by atoms with van der Waals surface area (Å²) in [5.74, 6) is 0.126. The molecule has 0 bridgehead atoms. The largest absolute Gasteiger partial charge is 0.325 e. The Morgan fingerprint density at radius 1 is 1.32 bits per heavy atom. The fourth-order valence-corrected chi connectivity index (χ4v) is 3.88. The van der Waals surface area contributed by atoms with Crippen molar-refractivity contribution in [2.45, 2.75) is 56.5 Å². The second kappa shape index (κ2) is 6.99. The van der Waals surface area contributed by atoms with E-state index in [1.807, 2.05) is 49.9 Å². The summed E-state index contributed by atoms with van der Waals surface area (Å²) in [6.45, 7) is 4.06. The average molecular weight is 277 g/mol. The minimum Gasteiger partial charge on any atom is -0.325 e. The zero-order valence-electron chi connectivity index (χ0n) is 11.8. The third-order valence-corrected chi connectivity index (χ3v) is 5.08. The van der Waals surface area contributed by atoms with E-state index in [-0.39, 0.29) is 11.2 Å². The van der Waals surface area contributed by atoms with Gasteiger partial charge in [-0.2, -0.15) is 0 Å². The summed E-state index contributed by atoms with van der Waals surface area (Å²) in [5, 5.41) is 3.72. The maximum absolute atomic E-state index is 12.2. The molecular formula is C16H23NOS. The van der Waals surface area contributed by atoms with Gasteiger partial charge in [-0.05, 0) is 44.4 Å². The quantitative estimate of drug-likeness (QED) is 0.884. The number of aryl methyl sites for hydroxylation is 1. The highest BCUT2D eigenvalue weighted by Gasteiger charge is 2.21. The van der Waals surface area contributed by atoms with Gasteiger partial charge in [-0.1, -0.05) is 31.4 Å². The molecule has 0 radical (unpaired) electrons. The maximum atomic E-state index is 12.2. The second-order valence-corrected chi connectivity index (χ2v) is 7.04. The van der Waals surface area contributed by atoms with Crippen LogP contribution in [0.2, 0.25) is 0 Å². The average Bonchev–Trinajstić information content (AvgIpc) is 2.40. The fourth-order valence-electron chi connectivity index (χ4n) is 2.52. The first-order valence-electron chi connectivity index (χ1n) is 7.18. The van der Waals surface area contributed by atoms with Crippen LogP contribution in [0.5, 0.6) is 0 Å². The first-order chi connectivity index (χ1) is 9.15. The SMILES string of the molecule is Cc1cccc(NC(=O)C(C)SC2CCCCC2)c1. The number of hydrogen-bond acceptors (Lipinski definition) is 2. The Kier molecular flexibility index (Phi) is 5.32. The summed E-state index contributed by atoms with van der Waals surface area (Å²) >= 11 is 1.84. The van der Waals surface area contributed by atoms with Crippen molar-refractivity contribution in [1.82, 2.24) is 0 Å². The van der Waals surface area contributed by atoms with Gasteiger partial charge >= 0.3 is 0 Å². The summed E-state index contributed by atoms with van der Waals surface area (Å²) < 4.78 is 0. The monoisotopic (exact) mass is 277 g/mol. The van der Waals surface area contributed by atoms with Crippen molar-refractivity contribution < 1.29 is 4.79 Å². The number of carbonyl (C=O) groups excluding carboxylic acids is 1. The van der Waals surface area contributed by atoms with Crippen molar-refractivity contribution in [2.24, 2.45) is 0 Å². The van der Waals surface area contributed by atoms with Crippen molar-refractivity contribution >= 4 is 23.4 Å². The van der Waals surface area contributed by atoms with E-state index in [9.17, 15) is 4.79 Å². The van der Waals surface area contributed by atoms with E-state index in [1.54, 1.807) is 0 Å². The lowest BCUT2D eigenvalue weighted by molar-refractivity contribution is -0.115. The van der Waals surface area contributed by atoms with Crippen molar-refractivity contribution in [3.05, 3.63) is 29.8 Å². The Labute approximate surface area is 120 Å². The van der Waals surface area contributed by atoms with Crippen LogP contribution in [0.25, 0.3) is 0 Å². The van der Waals surface area contributed by atoms with E-state index in [0.29, 0.717) is 5.25 Å². The molecule has 1 N–H and O–H groups in total. The smallest absolute Gasteiger partial charge is 0.237 e. The van der Waals surface area contributed by atoms with Gasteiger partial charge in [0.05, 0.1) is 5.25 Å². The van der Waals surface area contributed by atoms with Gasteiger partial charge in [0.25, 0.3) is 0 Å². The summed E-state index contributed by atoms with van der Waals surface area (Å²) in [6.07, 6.45) is 6.55. The van der Waals surface area contributed by atoms with Gasteiger partial charge in [-0.25, -0.2) is 0 Å². The standard InChI is InChI=1S/C16H23NOS/c1-12-7-6-8-14(11-12)17-16(18)13(2)19-15-9-4-3-5-10-15/h6-8,11,13,15H,3-5,9-10H2,1-2H3,(H,17,18). The summed E-state index contributed by atoms with van der Waals surface area (Å²) in [6, 6.07) is 7.97. The molecule has 1 aliphatic rings. The Hall–Kier alpha value is -0.960. The van der Waals surface area contributed by atoms with Gasteiger partial charge in [0, 0.05) is 10.9 Å². The highest BCUT2D eigenvalue weighted by Crippen LogP contribution is 2.31. The maximum Gasteiger partial charge on any atom is 0.237 e. The molecule has 1 atom stereocenters. The zero-order chi connectivity index (χ0) is 13.7. The van der Waals surface area contributed by atoms with Crippen LogP contribution >= 0.6 is 11.8 Å². The Morgan fingerprint density at radius 3 is 2.74 bits per heavy atom. The van der Waals surface area contributed by atoms with Crippen molar-refractivity contribution in [1.29, 1.82) is 0 Å². The number of amides is 1. The molecule has 1 unspecified atom stereocenters. The van der Waals surface area contributed by atoms with E-state index in [4.69, 9.17) is 0 Å². The van der Waals surface area contributed by atoms with Crippen molar-refractivity contribution in [2.75, 3.05) is 5.32 Å². The predicted octanol–water partition coefficient (Wildman–Crippen LogP) is 4.39. The van der Waals surface area contributed by atoms with Crippen LogP contribution in [-0.2, 0) is 4.79 Å². The van der Waals surface area contributed by atoms with Crippen LogP contribution in [0.3, 0.4) is 0 Å². The first kappa shape index (κ1) is 14.4. The molecule has 1 saturated carbocycles. The molecule has 104 valence electrons. The molecule has 1 aliphatic carbocycles. The Balaban J connectivity index is 1.84. The van der Waals surface area contributed by atoms with Gasteiger partial charge < -0.3 is 5.32 Å². The zero-order valence-corrected chi connectivity index (χ0v) is 12.6. The van der Waals surface area contributed by atoms with Gasteiger partial charge in [0.15, 0.2) is 0 Å². The molecule has 1 aromatic rings. The van der Waals surface area contributed by atoms with Crippen LogP contribution in [-0.4, -0.2) is 16.4 Å². The van der Waals surface area contributed by atoms with Crippen molar-refractivity contribution in [3.8, 4) is 0 Å². The third kappa shape index (κ3) is 4.57. The Bertz CT molecular complexity index is 427. The van der Waals surface area contributed by atoms with Crippen LogP contribution in [0.15, 0.2) is 24.3 Å². The molecule has 2 rings (SSSR count). The highest BCUT2D eigenvalue weighted by molar-refractivity contribution is 8.01. The third-order valence-electron chi connectivity index (χ3n) is 3.60. The van der Waals surface area contributed by atoms with Gasteiger partial charge in [-0.15, -0.1) is 11.8 Å². The minimum atomic E-state index is 0.0311. The molecule has 0 spiro atoms. The lowest BCUT2D eigenvalue weighted by Crippen LogP contribution is -2.25. The lowest BCUT2D eigenvalue weighted by Gasteiger charge is -2.23. The summed E-state index contributed by atoms with van der Waals surface area (Å²) in [4.78, 5) is 12.2. The topological polar surface area (TPSA) is 29.1 Å². The number of hydrogen-bond donors (Lipinski definition) is 1. The molecule has 19 heavy (non-hydrogen) atoms. The normalized spacial score (nSPS) is 18.0. The summed E-state index contributed by atoms with van der Waals surface area (Å²) in [7, 11) is 0. The number of rotatable bonds is 4. The second-order valence-electron chi connectivity index (χ2n) is 5.40. The predicted molar refractivity (Wildman–Crippen MR) is 83.7 cm³/mol. The minimum absolute atomic E-state index is 0.0311. The molecule has 3 heteroatoms. The number of benzene rings is 1. The highest BCUT2D eigenvalue weighted by atomic mass is 32.2.